The Hall–Kier alpha value is -4.18. The number of allylic oxidation sites excluding steroid dienone is 1. The van der Waals surface area contributed by atoms with Crippen molar-refractivity contribution in [1.82, 2.24) is 10.3 Å². The van der Waals surface area contributed by atoms with Crippen LogP contribution < -0.4 is 15.1 Å². The monoisotopic (exact) mass is 584 g/mol. The zero-order chi connectivity index (χ0) is 29.5. The number of benzene rings is 1. The van der Waals surface area contributed by atoms with Crippen LogP contribution in [-0.4, -0.2) is 39.7 Å². The summed E-state index contributed by atoms with van der Waals surface area (Å²) in [6, 6.07) is 5.90. The minimum absolute atomic E-state index is 0.150. The van der Waals surface area contributed by atoms with Gasteiger partial charge < -0.3 is 10.2 Å². The lowest BCUT2D eigenvalue weighted by atomic mass is 9.75. The van der Waals surface area contributed by atoms with Gasteiger partial charge in [-0.3, -0.25) is 19.5 Å². The molecular weight excluding hydrogens is 560 g/mol. The molecule has 0 bridgehead atoms. The maximum Gasteiger partial charge on any atom is 0.419 e. The van der Waals surface area contributed by atoms with Crippen LogP contribution in [0.1, 0.15) is 60.6 Å². The summed E-state index contributed by atoms with van der Waals surface area (Å²) >= 11 is 5.54. The van der Waals surface area contributed by atoms with Gasteiger partial charge >= 0.3 is 6.18 Å². The Kier molecular flexibility index (Phi) is 7.37. The SMILES string of the molecule is CC1C=CN=C(CCNC(=O)c2ccc(N3C(=S)N(c4cnc(C#N)c(C(F)(F)F)c4)C(=O)C34CCC4)cc2F)C1. The molecule has 3 heterocycles. The number of hydrogen-bond acceptors (Lipinski definition) is 6. The second-order valence-electron chi connectivity index (χ2n) is 10.2. The third kappa shape index (κ3) is 5.08. The van der Waals surface area contributed by atoms with E-state index in [2.05, 4.69) is 22.2 Å². The summed E-state index contributed by atoms with van der Waals surface area (Å²) in [4.78, 5) is 36.6. The lowest BCUT2D eigenvalue weighted by Gasteiger charge is -2.43. The summed E-state index contributed by atoms with van der Waals surface area (Å²) < 4.78 is 56.0. The van der Waals surface area contributed by atoms with E-state index in [1.165, 1.54) is 23.1 Å². The standard InChI is InChI=1S/C28H24F4N6O2S/c1-16-5-9-34-17(11-16)6-10-35-24(39)20-4-3-18(13-22(20)29)38-26(41)37(25(40)27(38)7-2-8-27)19-12-21(28(30,31)32)23(14-33)36-15-19/h3-5,9,12-13,15-16H,2,6-8,10-11H2,1H3,(H,35,39). The van der Waals surface area contributed by atoms with Crippen LogP contribution in [0.2, 0.25) is 0 Å². The molecule has 41 heavy (non-hydrogen) atoms. The van der Waals surface area contributed by atoms with Gasteiger partial charge in [0.25, 0.3) is 11.8 Å². The fourth-order valence-electron chi connectivity index (χ4n) is 5.29. The van der Waals surface area contributed by atoms with Crippen LogP contribution in [0.25, 0.3) is 0 Å². The van der Waals surface area contributed by atoms with E-state index in [0.29, 0.717) is 37.7 Å². The molecule has 2 amide bonds. The van der Waals surface area contributed by atoms with Crippen LogP contribution >= 0.6 is 12.2 Å². The van der Waals surface area contributed by atoms with Gasteiger partial charge in [-0.2, -0.15) is 18.4 Å². The largest absolute Gasteiger partial charge is 0.419 e. The number of amides is 2. The smallest absolute Gasteiger partial charge is 0.352 e. The van der Waals surface area contributed by atoms with Crippen molar-refractivity contribution < 1.29 is 27.2 Å². The maximum atomic E-state index is 15.2. The normalized spacial score (nSPS) is 19.7. The van der Waals surface area contributed by atoms with Gasteiger partial charge in [-0.15, -0.1) is 0 Å². The Labute approximate surface area is 238 Å². The fraction of sp³-hybridized carbons (Fsp3) is 0.357. The number of halogens is 4. The minimum atomic E-state index is -4.88. The number of rotatable bonds is 6. The lowest BCUT2D eigenvalue weighted by molar-refractivity contribution is -0.138. The Balaban J connectivity index is 1.38. The molecule has 1 spiro atoms. The number of alkyl halides is 3. The molecule has 1 saturated carbocycles. The number of carbonyl (C=O) groups is 2. The summed E-state index contributed by atoms with van der Waals surface area (Å²) in [5, 5.41) is 11.6. The summed E-state index contributed by atoms with van der Waals surface area (Å²) in [6.07, 6.45) is 2.50. The van der Waals surface area contributed by atoms with Crippen LogP contribution in [0.3, 0.4) is 0 Å². The molecule has 212 valence electrons. The van der Waals surface area contributed by atoms with Crippen molar-refractivity contribution in [3.8, 4) is 6.07 Å². The molecule has 13 heteroatoms. The molecule has 5 rings (SSSR count). The molecule has 2 aromatic rings. The van der Waals surface area contributed by atoms with Gasteiger partial charge in [0.15, 0.2) is 10.8 Å². The van der Waals surface area contributed by atoms with Crippen LogP contribution in [0.15, 0.2) is 47.7 Å². The highest BCUT2D eigenvalue weighted by molar-refractivity contribution is 7.81. The number of nitrogens with zero attached hydrogens (tertiary/aromatic N) is 5. The Morgan fingerprint density at radius 3 is 2.63 bits per heavy atom. The molecule has 3 aliphatic rings. The predicted molar refractivity (Wildman–Crippen MR) is 147 cm³/mol. The summed E-state index contributed by atoms with van der Waals surface area (Å²) in [5.74, 6) is -1.65. The molecule has 1 aliphatic carbocycles. The number of thiocarbonyl (C=S) groups is 1. The van der Waals surface area contributed by atoms with E-state index < -0.39 is 40.6 Å². The van der Waals surface area contributed by atoms with Crippen LogP contribution in [0.4, 0.5) is 28.9 Å². The molecular formula is C28H24F4N6O2S. The number of pyridine rings is 1. The number of carbonyl (C=O) groups excluding carboxylic acids is 2. The summed E-state index contributed by atoms with van der Waals surface area (Å²) in [6.45, 7) is 2.34. The zero-order valence-corrected chi connectivity index (χ0v) is 22.7. The second-order valence-corrected chi connectivity index (χ2v) is 10.6. The van der Waals surface area contributed by atoms with Crippen LogP contribution in [0.5, 0.6) is 0 Å². The van der Waals surface area contributed by atoms with Gasteiger partial charge in [-0.1, -0.05) is 13.0 Å². The Morgan fingerprint density at radius 2 is 2.02 bits per heavy atom. The molecule has 1 unspecified atom stereocenters. The van der Waals surface area contributed by atoms with E-state index in [1.807, 2.05) is 6.08 Å². The topological polar surface area (TPSA) is 102 Å². The van der Waals surface area contributed by atoms with Crippen molar-refractivity contribution in [2.45, 2.75) is 50.7 Å². The van der Waals surface area contributed by atoms with Gasteiger partial charge in [0.1, 0.15) is 17.4 Å². The maximum absolute atomic E-state index is 15.2. The van der Waals surface area contributed by atoms with E-state index in [9.17, 15) is 22.8 Å². The molecule has 2 aliphatic heterocycles. The molecule has 1 N–H and O–H groups in total. The van der Waals surface area contributed by atoms with Gasteiger partial charge in [-0.25, -0.2) is 9.37 Å². The molecule has 1 aromatic carbocycles. The molecule has 2 fully saturated rings. The second kappa shape index (κ2) is 10.7. The van der Waals surface area contributed by atoms with Crippen molar-refractivity contribution in [2.75, 3.05) is 16.3 Å². The minimum Gasteiger partial charge on any atom is -0.352 e. The van der Waals surface area contributed by atoms with Crippen molar-refractivity contribution in [3.63, 3.8) is 0 Å². The van der Waals surface area contributed by atoms with E-state index in [1.54, 1.807) is 6.20 Å². The van der Waals surface area contributed by atoms with E-state index in [-0.39, 0.29) is 28.6 Å². The van der Waals surface area contributed by atoms with E-state index >= 15 is 4.39 Å². The highest BCUT2D eigenvalue weighted by Gasteiger charge is 2.60. The van der Waals surface area contributed by atoms with Crippen LogP contribution in [-0.2, 0) is 11.0 Å². The van der Waals surface area contributed by atoms with Crippen molar-refractivity contribution in [1.29, 1.82) is 5.26 Å². The average Bonchev–Trinajstić information content (AvgIpc) is 3.14. The first-order chi connectivity index (χ1) is 19.5. The first kappa shape index (κ1) is 28.4. The lowest BCUT2D eigenvalue weighted by Crippen LogP contribution is -2.55. The summed E-state index contributed by atoms with van der Waals surface area (Å²) in [7, 11) is 0. The van der Waals surface area contributed by atoms with E-state index in [0.717, 1.165) is 29.3 Å². The fourth-order valence-corrected chi connectivity index (χ4v) is 5.75. The molecule has 1 atom stereocenters. The number of aliphatic imine (C=N–C) groups is 1. The number of nitrogens with one attached hydrogen (secondary N) is 1. The number of hydrogen-bond donors (Lipinski definition) is 1. The van der Waals surface area contributed by atoms with Gasteiger partial charge in [0.05, 0.1) is 23.0 Å². The highest BCUT2D eigenvalue weighted by Crippen LogP contribution is 2.48. The number of anilines is 2. The predicted octanol–water partition coefficient (Wildman–Crippen LogP) is 5.29. The number of nitriles is 1. The average molecular weight is 585 g/mol. The molecule has 0 radical (unpaired) electrons. The Bertz CT molecular complexity index is 1540. The summed E-state index contributed by atoms with van der Waals surface area (Å²) in [5.41, 5.74) is -2.64. The van der Waals surface area contributed by atoms with Crippen LogP contribution in [0, 0.1) is 23.1 Å². The first-order valence-corrected chi connectivity index (χ1v) is 13.3. The van der Waals surface area contributed by atoms with E-state index in [4.69, 9.17) is 17.5 Å². The Morgan fingerprint density at radius 1 is 1.27 bits per heavy atom. The zero-order valence-electron chi connectivity index (χ0n) is 21.8. The molecule has 1 aromatic heterocycles. The first-order valence-electron chi connectivity index (χ1n) is 12.9. The quantitative estimate of drug-likeness (QED) is 0.366. The molecule has 1 saturated heterocycles. The van der Waals surface area contributed by atoms with Crippen molar-refractivity contribution in [2.24, 2.45) is 10.9 Å². The van der Waals surface area contributed by atoms with Crippen molar-refractivity contribution >= 4 is 46.2 Å². The van der Waals surface area contributed by atoms with Gasteiger partial charge in [0, 0.05) is 30.6 Å². The number of aromatic nitrogens is 1. The highest BCUT2D eigenvalue weighted by atomic mass is 32.1. The third-order valence-corrected chi connectivity index (χ3v) is 7.88. The van der Waals surface area contributed by atoms with Crippen molar-refractivity contribution in [3.05, 3.63) is 65.4 Å². The molecule has 8 nitrogen and oxygen atoms in total. The van der Waals surface area contributed by atoms with Gasteiger partial charge in [0.2, 0.25) is 0 Å². The third-order valence-electron chi connectivity index (χ3n) is 7.52. The van der Waals surface area contributed by atoms with Gasteiger partial charge in [-0.05, 0) is 68.1 Å².